The predicted octanol–water partition coefficient (Wildman–Crippen LogP) is 2.23. The lowest BCUT2D eigenvalue weighted by atomic mass is 10.3. The standard InChI is InChI=1S/C14H16ClFN4O2S2/c15-14-13(17-18-23-14)10-19-6-1-7-20(9-8-19)24(21,22)12-4-2-11(16)3-5-12/h2-5H,1,6-10H2. The van der Waals surface area contributed by atoms with Gasteiger partial charge in [-0.2, -0.15) is 4.31 Å². The quantitative estimate of drug-likeness (QED) is 0.800. The minimum Gasteiger partial charge on any atom is -0.296 e. The summed E-state index contributed by atoms with van der Waals surface area (Å²) < 4.78 is 44.2. The molecule has 0 unspecified atom stereocenters. The van der Waals surface area contributed by atoms with Crippen molar-refractivity contribution in [3.8, 4) is 0 Å². The van der Waals surface area contributed by atoms with E-state index in [9.17, 15) is 12.8 Å². The highest BCUT2D eigenvalue weighted by molar-refractivity contribution is 7.89. The van der Waals surface area contributed by atoms with E-state index in [1.807, 2.05) is 0 Å². The summed E-state index contributed by atoms with van der Waals surface area (Å²) in [4.78, 5) is 2.23. The maximum atomic E-state index is 13.0. The Hall–Kier alpha value is -1.13. The second kappa shape index (κ2) is 7.40. The Labute approximate surface area is 149 Å². The number of hydrogen-bond acceptors (Lipinski definition) is 6. The lowest BCUT2D eigenvalue weighted by molar-refractivity contribution is 0.275. The van der Waals surface area contributed by atoms with Gasteiger partial charge in [0.05, 0.1) is 4.90 Å². The number of halogens is 2. The Morgan fingerprint density at radius 1 is 1.17 bits per heavy atom. The second-order valence-corrected chi connectivity index (χ2v) is 8.78. The lowest BCUT2D eigenvalue weighted by Crippen LogP contribution is -2.35. The smallest absolute Gasteiger partial charge is 0.243 e. The highest BCUT2D eigenvalue weighted by Gasteiger charge is 2.27. The molecule has 0 saturated carbocycles. The van der Waals surface area contributed by atoms with Crippen LogP contribution in [0.5, 0.6) is 0 Å². The first-order valence-corrected chi connectivity index (χ1v) is 10.0. The minimum atomic E-state index is -3.61. The zero-order chi connectivity index (χ0) is 17.2. The van der Waals surface area contributed by atoms with Gasteiger partial charge in [0.2, 0.25) is 10.0 Å². The second-order valence-electron chi connectivity index (χ2n) is 5.48. The fraction of sp³-hybridized carbons (Fsp3) is 0.429. The highest BCUT2D eigenvalue weighted by atomic mass is 35.5. The molecular formula is C14H16ClFN4O2S2. The van der Waals surface area contributed by atoms with Crippen LogP contribution >= 0.6 is 23.1 Å². The zero-order valence-corrected chi connectivity index (χ0v) is 15.1. The summed E-state index contributed by atoms with van der Waals surface area (Å²) in [5.41, 5.74) is 0.719. The Kier molecular flexibility index (Phi) is 5.46. The fourth-order valence-electron chi connectivity index (χ4n) is 2.60. The molecule has 1 aliphatic heterocycles. The lowest BCUT2D eigenvalue weighted by Gasteiger charge is -2.21. The summed E-state index contributed by atoms with van der Waals surface area (Å²) in [6.45, 7) is 2.69. The van der Waals surface area contributed by atoms with Crippen LogP contribution in [-0.4, -0.2) is 53.4 Å². The van der Waals surface area contributed by atoms with Crippen molar-refractivity contribution in [2.45, 2.75) is 17.9 Å². The van der Waals surface area contributed by atoms with Crippen LogP contribution in [-0.2, 0) is 16.6 Å². The van der Waals surface area contributed by atoms with E-state index < -0.39 is 15.8 Å². The molecule has 1 aliphatic rings. The Morgan fingerprint density at radius 3 is 2.58 bits per heavy atom. The van der Waals surface area contributed by atoms with Gasteiger partial charge in [0.1, 0.15) is 15.8 Å². The molecule has 0 radical (unpaired) electrons. The minimum absolute atomic E-state index is 0.115. The molecule has 2 heterocycles. The fourth-order valence-corrected chi connectivity index (χ4v) is 4.69. The van der Waals surface area contributed by atoms with Gasteiger partial charge in [-0.1, -0.05) is 16.1 Å². The molecule has 24 heavy (non-hydrogen) atoms. The van der Waals surface area contributed by atoms with Crippen LogP contribution in [0.25, 0.3) is 0 Å². The topological polar surface area (TPSA) is 66.4 Å². The Balaban J connectivity index is 1.68. The number of hydrogen-bond donors (Lipinski definition) is 0. The van der Waals surface area contributed by atoms with Gasteiger partial charge < -0.3 is 0 Å². The van der Waals surface area contributed by atoms with E-state index in [2.05, 4.69) is 14.5 Å². The summed E-state index contributed by atoms with van der Waals surface area (Å²) in [7, 11) is -3.61. The number of benzene rings is 1. The molecule has 1 aromatic carbocycles. The molecule has 0 aliphatic carbocycles. The Morgan fingerprint density at radius 2 is 1.92 bits per heavy atom. The molecule has 130 valence electrons. The van der Waals surface area contributed by atoms with E-state index in [1.54, 1.807) is 0 Å². The van der Waals surface area contributed by atoms with Crippen molar-refractivity contribution in [3.05, 3.63) is 40.1 Å². The van der Waals surface area contributed by atoms with Gasteiger partial charge in [-0.15, -0.1) is 5.10 Å². The van der Waals surface area contributed by atoms with E-state index in [0.29, 0.717) is 36.9 Å². The van der Waals surface area contributed by atoms with Crippen molar-refractivity contribution in [2.75, 3.05) is 26.2 Å². The molecule has 10 heteroatoms. The first-order chi connectivity index (χ1) is 11.5. The highest BCUT2D eigenvalue weighted by Crippen LogP contribution is 2.21. The normalized spacial score (nSPS) is 17.8. The van der Waals surface area contributed by atoms with Crippen LogP contribution in [0.15, 0.2) is 29.2 Å². The van der Waals surface area contributed by atoms with Crippen LogP contribution in [0.1, 0.15) is 12.1 Å². The maximum Gasteiger partial charge on any atom is 0.243 e. The maximum absolute atomic E-state index is 13.0. The number of rotatable bonds is 4. The first-order valence-electron chi connectivity index (χ1n) is 7.41. The largest absolute Gasteiger partial charge is 0.296 e. The average Bonchev–Trinajstić information content (AvgIpc) is 2.81. The van der Waals surface area contributed by atoms with Gasteiger partial charge >= 0.3 is 0 Å². The van der Waals surface area contributed by atoms with Gasteiger partial charge in [0, 0.05) is 37.7 Å². The van der Waals surface area contributed by atoms with Crippen LogP contribution in [0.2, 0.25) is 4.34 Å². The van der Waals surface area contributed by atoms with Crippen molar-refractivity contribution in [3.63, 3.8) is 0 Å². The van der Waals surface area contributed by atoms with Gasteiger partial charge in [0.25, 0.3) is 0 Å². The average molecular weight is 391 g/mol. The van der Waals surface area contributed by atoms with E-state index >= 15 is 0 Å². The molecule has 2 aromatic rings. The summed E-state index contributed by atoms with van der Waals surface area (Å²) >= 11 is 7.17. The van der Waals surface area contributed by atoms with Crippen LogP contribution in [0.3, 0.4) is 0 Å². The van der Waals surface area contributed by atoms with E-state index in [4.69, 9.17) is 11.6 Å². The number of aromatic nitrogens is 2. The van der Waals surface area contributed by atoms with Gasteiger partial charge in [-0.25, -0.2) is 12.8 Å². The van der Waals surface area contributed by atoms with Crippen LogP contribution in [0.4, 0.5) is 4.39 Å². The molecule has 1 saturated heterocycles. The molecule has 1 fully saturated rings. The van der Waals surface area contributed by atoms with Crippen molar-refractivity contribution >= 4 is 33.2 Å². The third kappa shape index (κ3) is 3.92. The van der Waals surface area contributed by atoms with Crippen molar-refractivity contribution in [2.24, 2.45) is 0 Å². The van der Waals surface area contributed by atoms with Crippen molar-refractivity contribution in [1.29, 1.82) is 0 Å². The number of nitrogens with zero attached hydrogens (tertiary/aromatic N) is 4. The van der Waals surface area contributed by atoms with Gasteiger partial charge in [-0.3, -0.25) is 4.90 Å². The van der Waals surface area contributed by atoms with Crippen LogP contribution < -0.4 is 0 Å². The molecule has 0 amide bonds. The monoisotopic (exact) mass is 390 g/mol. The third-order valence-corrected chi connectivity index (χ3v) is 6.78. The van der Waals surface area contributed by atoms with Crippen LogP contribution in [0, 0.1) is 5.82 Å². The summed E-state index contributed by atoms with van der Waals surface area (Å²) in [6.07, 6.45) is 0.704. The molecule has 0 bridgehead atoms. The molecule has 0 N–H and O–H groups in total. The number of sulfonamides is 1. The van der Waals surface area contributed by atoms with E-state index in [-0.39, 0.29) is 4.90 Å². The third-order valence-electron chi connectivity index (χ3n) is 3.88. The van der Waals surface area contributed by atoms with Gasteiger partial charge in [-0.05, 0) is 37.2 Å². The predicted molar refractivity (Wildman–Crippen MR) is 90.0 cm³/mol. The molecule has 3 rings (SSSR count). The summed E-state index contributed by atoms with van der Waals surface area (Å²) in [5.74, 6) is -0.454. The summed E-state index contributed by atoms with van der Waals surface area (Å²) in [5, 5.41) is 3.99. The van der Waals surface area contributed by atoms with E-state index in [1.165, 1.54) is 16.4 Å². The summed E-state index contributed by atoms with van der Waals surface area (Å²) in [6, 6.07) is 4.92. The van der Waals surface area contributed by atoms with E-state index in [0.717, 1.165) is 35.9 Å². The molecule has 0 atom stereocenters. The molecule has 1 aromatic heterocycles. The van der Waals surface area contributed by atoms with Gasteiger partial charge in [0.15, 0.2) is 0 Å². The zero-order valence-electron chi connectivity index (χ0n) is 12.7. The SMILES string of the molecule is O=S(=O)(c1ccc(F)cc1)N1CCCN(Cc2nnsc2Cl)CC1. The molecular weight excluding hydrogens is 375 g/mol. The van der Waals surface area contributed by atoms with Crippen molar-refractivity contribution in [1.82, 2.24) is 18.8 Å². The van der Waals surface area contributed by atoms with Crippen molar-refractivity contribution < 1.29 is 12.8 Å². The first kappa shape index (κ1) is 17.7. The molecule has 6 nitrogen and oxygen atoms in total. The Bertz CT molecular complexity index is 797. The molecule has 0 spiro atoms.